The Balaban J connectivity index is 1.60. The molecule has 0 unspecified atom stereocenters. The van der Waals surface area contributed by atoms with Gasteiger partial charge in [0.15, 0.2) is 11.5 Å². The van der Waals surface area contributed by atoms with E-state index in [4.69, 9.17) is 18.6 Å². The molecule has 2 heterocycles. The Hall–Kier alpha value is -3.92. The predicted molar refractivity (Wildman–Crippen MR) is 117 cm³/mol. The van der Waals surface area contributed by atoms with Crippen molar-refractivity contribution in [1.82, 2.24) is 4.98 Å². The fourth-order valence-electron chi connectivity index (χ4n) is 3.72. The van der Waals surface area contributed by atoms with Crippen molar-refractivity contribution in [3.8, 4) is 23.3 Å². The van der Waals surface area contributed by atoms with Gasteiger partial charge in [0.25, 0.3) is 0 Å². The van der Waals surface area contributed by atoms with Crippen LogP contribution < -0.4 is 19.1 Å². The highest BCUT2D eigenvalue weighted by atomic mass is 16.5. The third kappa shape index (κ3) is 4.05. The Kier molecular flexibility index (Phi) is 5.80. The van der Waals surface area contributed by atoms with Gasteiger partial charge in [0, 0.05) is 19.2 Å². The topological polar surface area (TPSA) is 80.8 Å². The second-order valence-electron chi connectivity index (χ2n) is 7.05. The van der Waals surface area contributed by atoms with Crippen molar-refractivity contribution >= 4 is 18.0 Å². The van der Waals surface area contributed by atoms with Crippen LogP contribution >= 0.6 is 0 Å². The molecule has 0 radical (unpaired) electrons. The van der Waals surface area contributed by atoms with Gasteiger partial charge >= 0.3 is 0 Å². The summed E-state index contributed by atoms with van der Waals surface area (Å²) in [5, 5.41) is 9.57. The molecule has 158 valence electrons. The van der Waals surface area contributed by atoms with Crippen LogP contribution in [0.2, 0.25) is 0 Å². The average Bonchev–Trinajstić information content (AvgIpc) is 3.25. The molecule has 3 aromatic rings. The van der Waals surface area contributed by atoms with Crippen molar-refractivity contribution in [2.75, 3.05) is 32.8 Å². The fourth-order valence-corrected chi connectivity index (χ4v) is 3.72. The van der Waals surface area contributed by atoms with E-state index in [0.29, 0.717) is 35.6 Å². The first-order chi connectivity index (χ1) is 15.2. The molecule has 0 saturated carbocycles. The lowest BCUT2D eigenvalue weighted by molar-refractivity contribution is 0.324. The number of methoxy groups -OCH3 is 3. The third-order valence-electron chi connectivity index (χ3n) is 5.25. The van der Waals surface area contributed by atoms with E-state index in [1.807, 2.05) is 24.3 Å². The molecule has 4 rings (SSSR count). The minimum absolute atomic E-state index is 0.281. The fraction of sp³-hybridized carbons (Fsp3) is 0.250. The van der Waals surface area contributed by atoms with E-state index in [2.05, 4.69) is 34.2 Å². The van der Waals surface area contributed by atoms with Gasteiger partial charge < -0.3 is 23.5 Å². The molecule has 2 aromatic carbocycles. The maximum Gasteiger partial charge on any atom is 0.235 e. The maximum atomic E-state index is 9.57. The van der Waals surface area contributed by atoms with Crippen LogP contribution in [0.3, 0.4) is 0 Å². The molecule has 0 spiro atoms. The molecule has 0 amide bonds. The zero-order valence-corrected chi connectivity index (χ0v) is 17.7. The van der Waals surface area contributed by atoms with E-state index < -0.39 is 0 Å². The molecular weight excluding hydrogens is 394 g/mol. The van der Waals surface area contributed by atoms with Crippen LogP contribution in [-0.2, 0) is 13.0 Å². The third-order valence-corrected chi connectivity index (χ3v) is 5.25. The van der Waals surface area contributed by atoms with Crippen LogP contribution in [-0.4, -0.2) is 32.9 Å². The van der Waals surface area contributed by atoms with Gasteiger partial charge in [-0.2, -0.15) is 10.2 Å². The standard InChI is InChI=1S/C24H23N3O4/c1-28-20-12-16(13-21(29-2)23(20)30-3)8-9-22-26-19(14-25)24(31-22)27-11-10-17-6-4-5-7-18(17)15-27/h4-9,12-13H,10-11,15H2,1-3H3/b9-8+. The highest BCUT2D eigenvalue weighted by molar-refractivity contribution is 5.71. The second-order valence-corrected chi connectivity index (χ2v) is 7.05. The van der Waals surface area contributed by atoms with Gasteiger partial charge in [0.1, 0.15) is 6.07 Å². The van der Waals surface area contributed by atoms with Crippen molar-refractivity contribution < 1.29 is 18.6 Å². The number of nitrogens with zero attached hydrogens (tertiary/aromatic N) is 3. The molecule has 7 nitrogen and oxygen atoms in total. The molecule has 7 heteroatoms. The van der Waals surface area contributed by atoms with E-state index in [1.165, 1.54) is 11.1 Å². The molecule has 0 atom stereocenters. The van der Waals surface area contributed by atoms with Crippen molar-refractivity contribution in [3.05, 3.63) is 64.7 Å². The summed E-state index contributed by atoms with van der Waals surface area (Å²) in [6, 6.07) is 14.1. The van der Waals surface area contributed by atoms with Gasteiger partial charge in [0.2, 0.25) is 23.2 Å². The molecule has 0 N–H and O–H groups in total. The molecule has 31 heavy (non-hydrogen) atoms. The average molecular weight is 417 g/mol. The van der Waals surface area contributed by atoms with E-state index in [1.54, 1.807) is 27.4 Å². The van der Waals surface area contributed by atoms with Crippen LogP contribution in [0, 0.1) is 11.3 Å². The normalized spacial score (nSPS) is 13.0. The lowest BCUT2D eigenvalue weighted by Gasteiger charge is -2.28. The number of anilines is 1. The Morgan fingerprint density at radius 1 is 1.03 bits per heavy atom. The molecule has 1 aliphatic heterocycles. The predicted octanol–water partition coefficient (Wildman–Crippen LogP) is 4.31. The number of nitriles is 1. The van der Waals surface area contributed by atoms with Gasteiger partial charge in [-0.25, -0.2) is 0 Å². The molecule has 0 aliphatic carbocycles. The van der Waals surface area contributed by atoms with Gasteiger partial charge in [0.05, 0.1) is 21.3 Å². The van der Waals surface area contributed by atoms with Gasteiger partial charge in [-0.15, -0.1) is 0 Å². The molecule has 0 bridgehead atoms. The van der Waals surface area contributed by atoms with Gasteiger partial charge in [-0.3, -0.25) is 0 Å². The lowest BCUT2D eigenvalue weighted by Crippen LogP contribution is -2.30. The Labute approximate surface area is 181 Å². The summed E-state index contributed by atoms with van der Waals surface area (Å²) in [7, 11) is 4.70. The summed E-state index contributed by atoms with van der Waals surface area (Å²) in [5.41, 5.74) is 3.67. The first-order valence-corrected chi connectivity index (χ1v) is 9.87. The van der Waals surface area contributed by atoms with E-state index in [9.17, 15) is 5.26 Å². The Bertz CT molecular complexity index is 1130. The summed E-state index contributed by atoms with van der Waals surface area (Å²) < 4.78 is 22.1. The minimum atomic E-state index is 0.281. The zero-order chi connectivity index (χ0) is 21.8. The number of fused-ring (bicyclic) bond motifs is 1. The maximum absolute atomic E-state index is 9.57. The number of benzene rings is 2. The number of hydrogen-bond acceptors (Lipinski definition) is 7. The van der Waals surface area contributed by atoms with E-state index in [0.717, 1.165) is 18.5 Å². The smallest absolute Gasteiger partial charge is 0.235 e. The van der Waals surface area contributed by atoms with Gasteiger partial charge in [-0.05, 0) is 41.3 Å². The van der Waals surface area contributed by atoms with Crippen LogP contribution in [0.5, 0.6) is 17.2 Å². The molecule has 0 fully saturated rings. The largest absolute Gasteiger partial charge is 0.493 e. The van der Waals surface area contributed by atoms with Crippen molar-refractivity contribution in [2.45, 2.75) is 13.0 Å². The van der Waals surface area contributed by atoms with E-state index in [-0.39, 0.29) is 5.69 Å². The Morgan fingerprint density at radius 3 is 2.39 bits per heavy atom. The number of oxazole rings is 1. The molecule has 0 saturated heterocycles. The molecule has 1 aromatic heterocycles. The second kappa shape index (κ2) is 8.84. The highest BCUT2D eigenvalue weighted by Crippen LogP contribution is 2.38. The number of aromatic nitrogens is 1. The lowest BCUT2D eigenvalue weighted by atomic mass is 10.00. The summed E-state index contributed by atoms with van der Waals surface area (Å²) in [6.45, 7) is 1.47. The SMILES string of the molecule is COc1cc(/C=C/c2nc(C#N)c(N3CCc4ccccc4C3)o2)cc(OC)c1OC. The summed E-state index contributed by atoms with van der Waals surface area (Å²) in [6.07, 6.45) is 4.45. The monoisotopic (exact) mass is 417 g/mol. The van der Waals surface area contributed by atoms with Crippen LogP contribution in [0.4, 0.5) is 5.88 Å². The van der Waals surface area contributed by atoms with Crippen LogP contribution in [0.1, 0.15) is 28.3 Å². The number of ether oxygens (including phenoxy) is 3. The number of hydrogen-bond donors (Lipinski definition) is 0. The van der Waals surface area contributed by atoms with Gasteiger partial charge in [-0.1, -0.05) is 24.3 Å². The molecular formula is C24H23N3O4. The first kappa shape index (κ1) is 20.4. The molecule has 1 aliphatic rings. The minimum Gasteiger partial charge on any atom is -0.493 e. The quantitative estimate of drug-likeness (QED) is 0.591. The summed E-state index contributed by atoms with van der Waals surface area (Å²) in [5.74, 6) is 2.50. The highest BCUT2D eigenvalue weighted by Gasteiger charge is 2.23. The van der Waals surface area contributed by atoms with Crippen molar-refractivity contribution in [1.29, 1.82) is 5.26 Å². The zero-order valence-electron chi connectivity index (χ0n) is 17.7. The summed E-state index contributed by atoms with van der Waals surface area (Å²) >= 11 is 0. The number of rotatable bonds is 6. The van der Waals surface area contributed by atoms with Crippen LogP contribution in [0.25, 0.3) is 12.2 Å². The van der Waals surface area contributed by atoms with Crippen molar-refractivity contribution in [3.63, 3.8) is 0 Å². The van der Waals surface area contributed by atoms with Crippen molar-refractivity contribution in [2.24, 2.45) is 0 Å². The van der Waals surface area contributed by atoms with Crippen LogP contribution in [0.15, 0.2) is 40.8 Å². The van der Waals surface area contributed by atoms with E-state index >= 15 is 0 Å². The first-order valence-electron chi connectivity index (χ1n) is 9.87. The summed E-state index contributed by atoms with van der Waals surface area (Å²) in [4.78, 5) is 6.41. The Morgan fingerprint density at radius 2 is 1.74 bits per heavy atom.